The Bertz CT molecular complexity index is 573. The van der Waals surface area contributed by atoms with E-state index in [0.717, 1.165) is 11.0 Å². The first-order valence-electron chi connectivity index (χ1n) is 6.45. The van der Waals surface area contributed by atoms with Crippen LogP contribution in [0.1, 0.15) is 18.1 Å². The zero-order valence-corrected chi connectivity index (χ0v) is 12.4. The lowest BCUT2D eigenvalue weighted by Crippen LogP contribution is -2.36. The predicted molar refractivity (Wildman–Crippen MR) is 74.6 cm³/mol. The van der Waals surface area contributed by atoms with Gasteiger partial charge in [-0.05, 0) is 24.6 Å². The Morgan fingerprint density at radius 1 is 1.36 bits per heavy atom. The van der Waals surface area contributed by atoms with Crippen LogP contribution in [-0.2, 0) is 11.0 Å². The lowest BCUT2D eigenvalue weighted by atomic mass is 10.1. The summed E-state index contributed by atoms with van der Waals surface area (Å²) in [5, 5.41) is 11.1. The standard InChI is InChI=1S/C14H17F3N2O3/c1-8(12(20)21)7-19(3)13(22)18-11-6-4-5-10(9(11)2)14(15,16)17/h4-6,8H,7H2,1-3H3,(H,18,22)(H,20,21). The van der Waals surface area contributed by atoms with Gasteiger partial charge in [0.15, 0.2) is 0 Å². The minimum Gasteiger partial charge on any atom is -0.481 e. The molecule has 0 aliphatic heterocycles. The van der Waals surface area contributed by atoms with Crippen LogP contribution in [0, 0.1) is 12.8 Å². The number of nitrogens with zero attached hydrogens (tertiary/aromatic N) is 1. The molecule has 1 aromatic carbocycles. The van der Waals surface area contributed by atoms with Crippen LogP contribution in [-0.4, -0.2) is 35.6 Å². The summed E-state index contributed by atoms with van der Waals surface area (Å²) in [5.41, 5.74) is -0.885. The highest BCUT2D eigenvalue weighted by molar-refractivity contribution is 5.90. The van der Waals surface area contributed by atoms with E-state index in [2.05, 4.69) is 5.32 Å². The Hall–Kier alpha value is -2.25. The molecule has 1 atom stereocenters. The van der Waals surface area contributed by atoms with Gasteiger partial charge in [-0.25, -0.2) is 4.79 Å². The third kappa shape index (κ3) is 4.37. The average Bonchev–Trinajstić information content (AvgIpc) is 2.39. The maximum atomic E-state index is 12.8. The summed E-state index contributed by atoms with van der Waals surface area (Å²) >= 11 is 0. The van der Waals surface area contributed by atoms with E-state index in [1.165, 1.54) is 33.0 Å². The van der Waals surface area contributed by atoms with E-state index in [9.17, 15) is 22.8 Å². The van der Waals surface area contributed by atoms with Crippen molar-refractivity contribution in [3.63, 3.8) is 0 Å². The van der Waals surface area contributed by atoms with Gasteiger partial charge in [0, 0.05) is 19.3 Å². The topological polar surface area (TPSA) is 69.6 Å². The lowest BCUT2D eigenvalue weighted by molar-refractivity contribution is -0.141. The van der Waals surface area contributed by atoms with Crippen molar-refractivity contribution in [1.29, 1.82) is 0 Å². The maximum absolute atomic E-state index is 12.8. The van der Waals surface area contributed by atoms with E-state index in [1.807, 2.05) is 0 Å². The molecule has 0 aliphatic rings. The van der Waals surface area contributed by atoms with Crippen molar-refractivity contribution < 1.29 is 27.9 Å². The number of carbonyl (C=O) groups is 2. The molecule has 2 N–H and O–H groups in total. The van der Waals surface area contributed by atoms with Gasteiger partial charge in [-0.15, -0.1) is 0 Å². The average molecular weight is 318 g/mol. The molecule has 8 heteroatoms. The zero-order chi connectivity index (χ0) is 17.1. The summed E-state index contributed by atoms with van der Waals surface area (Å²) in [6, 6.07) is 2.82. The number of hydrogen-bond donors (Lipinski definition) is 2. The van der Waals surface area contributed by atoms with Gasteiger partial charge in [-0.1, -0.05) is 13.0 Å². The van der Waals surface area contributed by atoms with Gasteiger partial charge in [0.2, 0.25) is 0 Å². The number of aliphatic carboxylic acids is 1. The van der Waals surface area contributed by atoms with Crippen molar-refractivity contribution in [2.75, 3.05) is 18.9 Å². The van der Waals surface area contributed by atoms with Crippen LogP contribution in [0.25, 0.3) is 0 Å². The van der Waals surface area contributed by atoms with Crippen LogP contribution < -0.4 is 5.32 Å². The number of halogens is 3. The van der Waals surface area contributed by atoms with Gasteiger partial charge in [-0.2, -0.15) is 13.2 Å². The quantitative estimate of drug-likeness (QED) is 0.895. The first kappa shape index (κ1) is 17.8. The molecule has 0 saturated carbocycles. The molecule has 0 radical (unpaired) electrons. The number of hydrogen-bond acceptors (Lipinski definition) is 2. The van der Waals surface area contributed by atoms with Crippen molar-refractivity contribution in [1.82, 2.24) is 4.90 Å². The summed E-state index contributed by atoms with van der Waals surface area (Å²) in [6.07, 6.45) is -4.51. The number of carbonyl (C=O) groups excluding carboxylic acids is 1. The molecule has 2 amide bonds. The van der Waals surface area contributed by atoms with Crippen LogP contribution in [0.15, 0.2) is 18.2 Å². The number of benzene rings is 1. The number of alkyl halides is 3. The molecule has 0 aromatic heterocycles. The highest BCUT2D eigenvalue weighted by atomic mass is 19.4. The van der Waals surface area contributed by atoms with Crippen LogP contribution in [0.4, 0.5) is 23.7 Å². The molecule has 122 valence electrons. The smallest absolute Gasteiger partial charge is 0.416 e. The summed E-state index contributed by atoms with van der Waals surface area (Å²) < 4.78 is 38.4. The normalized spacial score (nSPS) is 12.6. The monoisotopic (exact) mass is 318 g/mol. The van der Waals surface area contributed by atoms with Crippen LogP contribution >= 0.6 is 0 Å². The molecule has 0 heterocycles. The van der Waals surface area contributed by atoms with E-state index in [4.69, 9.17) is 5.11 Å². The third-order valence-corrected chi connectivity index (χ3v) is 3.20. The number of carboxylic acids is 1. The lowest BCUT2D eigenvalue weighted by Gasteiger charge is -2.21. The minimum absolute atomic E-state index is 0.0367. The van der Waals surface area contributed by atoms with E-state index in [-0.39, 0.29) is 17.8 Å². The fourth-order valence-corrected chi connectivity index (χ4v) is 1.86. The Balaban J connectivity index is 2.87. The number of urea groups is 1. The fourth-order valence-electron chi connectivity index (χ4n) is 1.86. The highest BCUT2D eigenvalue weighted by Gasteiger charge is 2.33. The van der Waals surface area contributed by atoms with Crippen molar-refractivity contribution >= 4 is 17.7 Å². The second-order valence-electron chi connectivity index (χ2n) is 5.03. The number of nitrogens with one attached hydrogen (secondary N) is 1. The summed E-state index contributed by atoms with van der Waals surface area (Å²) in [7, 11) is 1.37. The van der Waals surface area contributed by atoms with Crippen molar-refractivity contribution in [2.24, 2.45) is 5.92 Å². The Morgan fingerprint density at radius 2 is 1.95 bits per heavy atom. The number of anilines is 1. The molecule has 1 unspecified atom stereocenters. The Labute approximate surface area is 125 Å². The SMILES string of the molecule is Cc1c(NC(=O)N(C)CC(C)C(=O)O)cccc1C(F)(F)F. The van der Waals surface area contributed by atoms with Gasteiger partial charge < -0.3 is 15.3 Å². The zero-order valence-electron chi connectivity index (χ0n) is 12.4. The van der Waals surface area contributed by atoms with E-state index >= 15 is 0 Å². The second-order valence-corrected chi connectivity index (χ2v) is 5.03. The van der Waals surface area contributed by atoms with Gasteiger partial charge in [0.05, 0.1) is 11.5 Å². The Morgan fingerprint density at radius 3 is 2.45 bits per heavy atom. The molecule has 5 nitrogen and oxygen atoms in total. The third-order valence-electron chi connectivity index (χ3n) is 3.20. The maximum Gasteiger partial charge on any atom is 0.416 e. The minimum atomic E-state index is -4.51. The molecule has 0 bridgehead atoms. The molecule has 0 spiro atoms. The predicted octanol–water partition coefficient (Wildman–Crippen LogP) is 3.20. The van der Waals surface area contributed by atoms with Crippen molar-refractivity contribution in [2.45, 2.75) is 20.0 Å². The molecule has 0 fully saturated rings. The van der Waals surface area contributed by atoms with Crippen molar-refractivity contribution in [3.8, 4) is 0 Å². The molecule has 22 heavy (non-hydrogen) atoms. The molecule has 1 aromatic rings. The molecule has 0 aliphatic carbocycles. The Kier molecular flexibility index (Phi) is 5.40. The summed E-state index contributed by atoms with van der Waals surface area (Å²) in [5.74, 6) is -1.84. The largest absolute Gasteiger partial charge is 0.481 e. The van der Waals surface area contributed by atoms with E-state index in [1.54, 1.807) is 0 Å². The number of rotatable bonds is 4. The summed E-state index contributed by atoms with van der Waals surface area (Å²) in [4.78, 5) is 23.8. The van der Waals surface area contributed by atoms with Gasteiger partial charge in [0.25, 0.3) is 0 Å². The summed E-state index contributed by atoms with van der Waals surface area (Å²) in [6.45, 7) is 2.64. The number of carboxylic acid groups (broad SMARTS) is 1. The van der Waals surface area contributed by atoms with Gasteiger partial charge in [-0.3, -0.25) is 4.79 Å². The van der Waals surface area contributed by atoms with Crippen molar-refractivity contribution in [3.05, 3.63) is 29.3 Å². The fraction of sp³-hybridized carbons (Fsp3) is 0.429. The molecular weight excluding hydrogens is 301 g/mol. The van der Waals surface area contributed by atoms with Crippen LogP contribution in [0.2, 0.25) is 0 Å². The first-order valence-corrected chi connectivity index (χ1v) is 6.45. The van der Waals surface area contributed by atoms with Crippen LogP contribution in [0.3, 0.4) is 0 Å². The van der Waals surface area contributed by atoms with Gasteiger partial charge in [0.1, 0.15) is 0 Å². The first-order chi connectivity index (χ1) is 10.0. The molecule has 0 saturated heterocycles. The van der Waals surface area contributed by atoms with Crippen LogP contribution in [0.5, 0.6) is 0 Å². The van der Waals surface area contributed by atoms with E-state index < -0.39 is 29.7 Å². The highest BCUT2D eigenvalue weighted by Crippen LogP contribution is 2.34. The molecular formula is C14H17F3N2O3. The number of amides is 2. The van der Waals surface area contributed by atoms with Gasteiger partial charge >= 0.3 is 18.2 Å². The van der Waals surface area contributed by atoms with E-state index in [0.29, 0.717) is 0 Å². The second kappa shape index (κ2) is 6.67. The molecule has 1 rings (SSSR count).